The van der Waals surface area contributed by atoms with Crippen molar-refractivity contribution < 1.29 is 13.2 Å². The van der Waals surface area contributed by atoms with Crippen molar-refractivity contribution in [2.45, 2.75) is 17.9 Å². The zero-order chi connectivity index (χ0) is 15.7. The maximum Gasteiger partial charge on any atom is 0.251 e. The van der Waals surface area contributed by atoms with Gasteiger partial charge in [-0.3, -0.25) is 9.89 Å². The number of hydrogen-bond acceptors (Lipinski definition) is 6. The summed E-state index contributed by atoms with van der Waals surface area (Å²) in [6.07, 6.45) is 2.02. The molecule has 3 heterocycles. The van der Waals surface area contributed by atoms with E-state index in [4.69, 9.17) is 4.74 Å². The molecule has 0 unspecified atom stereocenters. The van der Waals surface area contributed by atoms with Crippen LogP contribution in [0.4, 0.5) is 0 Å². The van der Waals surface area contributed by atoms with Crippen LogP contribution in [0.25, 0.3) is 0 Å². The Labute approximate surface area is 126 Å². The lowest BCUT2D eigenvalue weighted by Crippen LogP contribution is -2.42. The fraction of sp³-hybridized carbons (Fsp3) is 0.417. The predicted molar refractivity (Wildman–Crippen MR) is 75.6 cm³/mol. The van der Waals surface area contributed by atoms with Crippen molar-refractivity contribution in [2.24, 2.45) is 0 Å². The van der Waals surface area contributed by atoms with Crippen LogP contribution in [0.5, 0.6) is 0 Å². The number of nitrogens with one attached hydrogen (secondary N) is 2. The number of morpholine rings is 1. The molecule has 2 aromatic heterocycles. The van der Waals surface area contributed by atoms with E-state index in [0.29, 0.717) is 11.5 Å². The first-order valence-electron chi connectivity index (χ1n) is 6.65. The van der Waals surface area contributed by atoms with Crippen LogP contribution in [-0.2, 0) is 14.8 Å². The van der Waals surface area contributed by atoms with E-state index in [0.717, 1.165) is 0 Å². The molecule has 0 radical (unpaired) electrons. The summed E-state index contributed by atoms with van der Waals surface area (Å²) in [5, 5.41) is 6.15. The molecule has 0 aliphatic carbocycles. The Balaban J connectivity index is 1.87. The Morgan fingerprint density at radius 1 is 1.45 bits per heavy atom. The Kier molecular flexibility index (Phi) is 3.81. The lowest BCUT2D eigenvalue weighted by Gasteiger charge is -2.31. The molecule has 1 fully saturated rings. The molecule has 0 saturated carbocycles. The third-order valence-corrected chi connectivity index (χ3v) is 5.18. The van der Waals surface area contributed by atoms with Gasteiger partial charge in [0.1, 0.15) is 16.8 Å². The Bertz CT molecular complexity index is 814. The average molecular weight is 325 g/mol. The molecule has 9 nitrogen and oxygen atoms in total. The number of ether oxygens (including phenoxy) is 1. The van der Waals surface area contributed by atoms with Gasteiger partial charge in [-0.25, -0.2) is 13.4 Å². The van der Waals surface area contributed by atoms with Crippen molar-refractivity contribution in [3.63, 3.8) is 0 Å². The van der Waals surface area contributed by atoms with Crippen molar-refractivity contribution >= 4 is 10.0 Å². The van der Waals surface area contributed by atoms with Gasteiger partial charge in [-0.2, -0.15) is 9.40 Å². The second-order valence-corrected chi connectivity index (χ2v) is 6.85. The fourth-order valence-electron chi connectivity index (χ4n) is 2.32. The van der Waals surface area contributed by atoms with Crippen LogP contribution < -0.4 is 5.56 Å². The molecule has 1 saturated heterocycles. The largest absolute Gasteiger partial charge is 0.369 e. The van der Waals surface area contributed by atoms with E-state index < -0.39 is 16.1 Å². The van der Waals surface area contributed by atoms with Gasteiger partial charge in [-0.15, -0.1) is 0 Å². The highest BCUT2D eigenvalue weighted by atomic mass is 32.2. The molecular formula is C12H15N5O4S. The zero-order valence-electron chi connectivity index (χ0n) is 11.8. The Hall–Kier alpha value is -2.04. The number of rotatable bonds is 3. The van der Waals surface area contributed by atoms with E-state index in [2.05, 4.69) is 20.2 Å². The molecule has 118 valence electrons. The van der Waals surface area contributed by atoms with Gasteiger partial charge in [-0.1, -0.05) is 0 Å². The molecule has 2 aromatic rings. The molecule has 22 heavy (non-hydrogen) atoms. The smallest absolute Gasteiger partial charge is 0.251 e. The lowest BCUT2D eigenvalue weighted by atomic mass is 10.2. The maximum absolute atomic E-state index is 12.5. The number of hydrogen-bond donors (Lipinski definition) is 2. The monoisotopic (exact) mass is 325 g/mol. The molecule has 10 heteroatoms. The molecular weight excluding hydrogens is 310 g/mol. The fourth-order valence-corrected chi connectivity index (χ4v) is 3.65. The van der Waals surface area contributed by atoms with E-state index >= 15 is 0 Å². The van der Waals surface area contributed by atoms with Crippen molar-refractivity contribution in [1.82, 2.24) is 24.5 Å². The van der Waals surface area contributed by atoms with E-state index in [1.807, 2.05) is 0 Å². The van der Waals surface area contributed by atoms with Gasteiger partial charge in [-0.05, 0) is 6.92 Å². The quantitative estimate of drug-likeness (QED) is 0.789. The van der Waals surface area contributed by atoms with Crippen LogP contribution in [0.1, 0.15) is 17.6 Å². The van der Waals surface area contributed by atoms with Crippen molar-refractivity contribution in [3.05, 3.63) is 40.3 Å². The first-order chi connectivity index (χ1) is 10.5. The summed E-state index contributed by atoms with van der Waals surface area (Å²) in [5.74, 6) is 0.459. The van der Waals surface area contributed by atoms with Crippen LogP contribution in [0.2, 0.25) is 0 Å². The van der Waals surface area contributed by atoms with Gasteiger partial charge in [0.25, 0.3) is 5.56 Å². The SMILES string of the molecule is Cc1nc([C@@H]2CN(S(=O)(=O)c3cn[nH]c3)CCO2)cc(=O)[nH]1. The summed E-state index contributed by atoms with van der Waals surface area (Å²) in [7, 11) is -3.63. The second kappa shape index (κ2) is 5.63. The number of aryl methyl sites for hydroxylation is 1. The molecule has 0 amide bonds. The van der Waals surface area contributed by atoms with Gasteiger partial charge >= 0.3 is 0 Å². The third kappa shape index (κ3) is 2.80. The first kappa shape index (κ1) is 14.9. The van der Waals surface area contributed by atoms with E-state index in [9.17, 15) is 13.2 Å². The van der Waals surface area contributed by atoms with Crippen molar-refractivity contribution in [2.75, 3.05) is 19.7 Å². The van der Waals surface area contributed by atoms with Crippen molar-refractivity contribution in [1.29, 1.82) is 0 Å². The molecule has 3 rings (SSSR count). The Morgan fingerprint density at radius 3 is 2.95 bits per heavy atom. The van der Waals surface area contributed by atoms with Gasteiger partial charge in [0.05, 0.1) is 18.5 Å². The summed E-state index contributed by atoms with van der Waals surface area (Å²) in [5.41, 5.74) is 0.134. The lowest BCUT2D eigenvalue weighted by molar-refractivity contribution is -0.00515. The first-order valence-corrected chi connectivity index (χ1v) is 8.09. The number of sulfonamides is 1. The number of aromatic nitrogens is 4. The number of aromatic amines is 2. The average Bonchev–Trinajstić information content (AvgIpc) is 3.01. The zero-order valence-corrected chi connectivity index (χ0v) is 12.6. The summed E-state index contributed by atoms with van der Waals surface area (Å²) >= 11 is 0. The number of H-pyrrole nitrogens is 2. The summed E-state index contributed by atoms with van der Waals surface area (Å²) in [4.78, 5) is 18.4. The van der Waals surface area contributed by atoms with Gasteiger partial charge < -0.3 is 9.72 Å². The van der Waals surface area contributed by atoms with E-state index in [1.165, 1.54) is 22.8 Å². The van der Waals surface area contributed by atoms with Crippen LogP contribution in [-0.4, -0.2) is 52.6 Å². The van der Waals surface area contributed by atoms with Gasteiger partial charge in [0.2, 0.25) is 10.0 Å². The standard InChI is InChI=1S/C12H15N5O4S/c1-8-15-10(4-12(18)16-8)11-7-17(2-3-21-11)22(19,20)9-5-13-14-6-9/h4-6,11H,2-3,7H2,1H3,(H,13,14)(H,15,16,18)/t11-/m0/s1. The van der Waals surface area contributed by atoms with Crippen LogP contribution in [0.3, 0.4) is 0 Å². The second-order valence-electron chi connectivity index (χ2n) is 4.91. The molecule has 1 atom stereocenters. The predicted octanol–water partition coefficient (Wildman–Crippen LogP) is -0.436. The normalized spacial score (nSPS) is 20.1. The maximum atomic E-state index is 12.5. The Morgan fingerprint density at radius 2 is 2.27 bits per heavy atom. The van der Waals surface area contributed by atoms with Gasteiger partial charge in [0, 0.05) is 25.4 Å². The minimum Gasteiger partial charge on any atom is -0.369 e. The minimum absolute atomic E-state index is 0.100. The molecule has 1 aliphatic heterocycles. The summed E-state index contributed by atoms with van der Waals surface area (Å²) < 4.78 is 31.8. The summed E-state index contributed by atoms with van der Waals surface area (Å²) in [6, 6.07) is 1.33. The van der Waals surface area contributed by atoms with Gasteiger partial charge in [0.15, 0.2) is 0 Å². The molecule has 0 bridgehead atoms. The molecule has 2 N–H and O–H groups in total. The highest BCUT2D eigenvalue weighted by Crippen LogP contribution is 2.24. The molecule has 0 aromatic carbocycles. The highest BCUT2D eigenvalue weighted by molar-refractivity contribution is 7.89. The number of nitrogens with zero attached hydrogens (tertiary/aromatic N) is 3. The highest BCUT2D eigenvalue weighted by Gasteiger charge is 2.32. The van der Waals surface area contributed by atoms with Crippen molar-refractivity contribution in [3.8, 4) is 0 Å². The van der Waals surface area contributed by atoms with Crippen LogP contribution in [0.15, 0.2) is 28.2 Å². The van der Waals surface area contributed by atoms with E-state index in [-0.39, 0.29) is 30.2 Å². The molecule has 1 aliphatic rings. The van der Waals surface area contributed by atoms with Crippen LogP contribution in [0, 0.1) is 6.92 Å². The topological polar surface area (TPSA) is 121 Å². The molecule has 0 spiro atoms. The van der Waals surface area contributed by atoms with Crippen LogP contribution >= 0.6 is 0 Å². The minimum atomic E-state index is -3.63. The van der Waals surface area contributed by atoms with E-state index in [1.54, 1.807) is 6.92 Å². The summed E-state index contributed by atoms with van der Waals surface area (Å²) in [6.45, 7) is 2.23. The third-order valence-electron chi connectivity index (χ3n) is 3.35.